The number of rotatable bonds is 12. The molecule has 1 heterocycles. The van der Waals surface area contributed by atoms with Crippen LogP contribution in [0, 0.1) is 6.92 Å². The Bertz CT molecular complexity index is 1590. The molecule has 5 nitrogen and oxygen atoms in total. The maximum absolute atomic E-state index is 11.6. The Hall–Kier alpha value is -4.48. The van der Waals surface area contributed by atoms with Gasteiger partial charge in [-0.05, 0) is 36.1 Å². The van der Waals surface area contributed by atoms with Crippen molar-refractivity contribution < 1.29 is 9.53 Å². The molecule has 0 fully saturated rings. The van der Waals surface area contributed by atoms with E-state index in [2.05, 4.69) is 120 Å². The van der Waals surface area contributed by atoms with Crippen molar-refractivity contribution in [2.75, 3.05) is 0 Å². The number of aryl methyl sites for hydroxylation is 1. The molecule has 0 bridgehead atoms. The fraction of sp³-hybridized carbons (Fsp3) is 0.243. The number of aromatic nitrogens is 2. The summed E-state index contributed by atoms with van der Waals surface area (Å²) in [5.74, 6) is 1.32. The van der Waals surface area contributed by atoms with E-state index in [0.717, 1.165) is 67.2 Å². The monoisotopic (exact) mass is 557 g/mol. The lowest BCUT2D eigenvalue weighted by Gasteiger charge is -2.25. The highest BCUT2D eigenvalue weighted by Gasteiger charge is 2.22. The van der Waals surface area contributed by atoms with Crippen molar-refractivity contribution in [3.05, 3.63) is 132 Å². The smallest absolute Gasteiger partial charge is 0.308 e. The van der Waals surface area contributed by atoms with Gasteiger partial charge in [-0.15, -0.1) is 0 Å². The number of benzene rings is 4. The standard InChI is InChI=1S/C37H39N3O2/c1-4-5-23-40-34(36(32-17-11-7-12-18-32)38-37(40)33-19-13-8-14-20-33)27-39(25-30-15-9-6-10-16-30)26-31-21-22-35(28(2)24-31)42-29(3)41/h6-22,24H,4-5,23,25-27H2,1-3H3. The number of carbonyl (C=O) groups excluding carboxylic acids is 1. The molecule has 0 aliphatic rings. The number of hydrogen-bond acceptors (Lipinski definition) is 4. The fourth-order valence-electron chi connectivity index (χ4n) is 5.40. The third-order valence-electron chi connectivity index (χ3n) is 7.41. The second kappa shape index (κ2) is 13.9. The Balaban J connectivity index is 1.58. The molecule has 1 aromatic heterocycles. The van der Waals surface area contributed by atoms with Crippen LogP contribution in [0.3, 0.4) is 0 Å². The van der Waals surface area contributed by atoms with Crippen LogP contribution in [0.2, 0.25) is 0 Å². The molecule has 0 atom stereocenters. The van der Waals surface area contributed by atoms with Crippen molar-refractivity contribution in [2.24, 2.45) is 0 Å². The lowest BCUT2D eigenvalue weighted by molar-refractivity contribution is -0.131. The Kier molecular flexibility index (Phi) is 9.62. The van der Waals surface area contributed by atoms with E-state index in [9.17, 15) is 4.79 Å². The zero-order chi connectivity index (χ0) is 29.3. The number of nitrogens with zero attached hydrogens (tertiary/aromatic N) is 3. The minimum Gasteiger partial charge on any atom is -0.426 e. The van der Waals surface area contributed by atoms with Crippen LogP contribution in [-0.4, -0.2) is 20.4 Å². The van der Waals surface area contributed by atoms with E-state index in [1.54, 1.807) is 0 Å². The van der Waals surface area contributed by atoms with Crippen LogP contribution in [-0.2, 0) is 31.0 Å². The molecule has 0 saturated carbocycles. The molecule has 0 amide bonds. The molecule has 0 radical (unpaired) electrons. The minimum atomic E-state index is -0.306. The molecule has 0 unspecified atom stereocenters. The first-order valence-corrected chi connectivity index (χ1v) is 14.8. The summed E-state index contributed by atoms with van der Waals surface area (Å²) in [7, 11) is 0. The number of hydrogen-bond donors (Lipinski definition) is 0. The van der Waals surface area contributed by atoms with E-state index in [-0.39, 0.29) is 5.97 Å². The van der Waals surface area contributed by atoms with Crippen LogP contribution in [0.4, 0.5) is 0 Å². The average molecular weight is 558 g/mol. The molecule has 5 aromatic rings. The highest BCUT2D eigenvalue weighted by atomic mass is 16.5. The van der Waals surface area contributed by atoms with Crippen molar-refractivity contribution in [1.29, 1.82) is 0 Å². The normalized spacial score (nSPS) is 11.1. The number of ether oxygens (including phenoxy) is 1. The van der Waals surface area contributed by atoms with E-state index in [0.29, 0.717) is 5.75 Å². The summed E-state index contributed by atoms with van der Waals surface area (Å²) in [4.78, 5) is 19.4. The first-order valence-electron chi connectivity index (χ1n) is 14.8. The number of carbonyl (C=O) groups is 1. The maximum Gasteiger partial charge on any atom is 0.308 e. The predicted octanol–water partition coefficient (Wildman–Crippen LogP) is 8.45. The Morgan fingerprint density at radius 1 is 0.786 bits per heavy atom. The Labute approximate surface area is 249 Å². The van der Waals surface area contributed by atoms with Crippen LogP contribution in [0.1, 0.15) is 49.1 Å². The van der Waals surface area contributed by atoms with Gasteiger partial charge < -0.3 is 9.30 Å². The van der Waals surface area contributed by atoms with Gasteiger partial charge in [-0.1, -0.05) is 116 Å². The molecular weight excluding hydrogens is 518 g/mol. The van der Waals surface area contributed by atoms with Crippen molar-refractivity contribution in [3.8, 4) is 28.4 Å². The number of esters is 1. The third kappa shape index (κ3) is 7.23. The van der Waals surface area contributed by atoms with Crippen LogP contribution in [0.15, 0.2) is 109 Å². The van der Waals surface area contributed by atoms with Gasteiger partial charge in [0.1, 0.15) is 11.6 Å². The van der Waals surface area contributed by atoms with Gasteiger partial charge in [-0.25, -0.2) is 4.98 Å². The molecule has 5 rings (SSSR count). The molecule has 0 spiro atoms. The summed E-state index contributed by atoms with van der Waals surface area (Å²) in [5.41, 5.74) is 7.89. The maximum atomic E-state index is 11.6. The van der Waals surface area contributed by atoms with Crippen LogP contribution in [0.5, 0.6) is 5.75 Å². The molecule has 0 aliphatic carbocycles. The topological polar surface area (TPSA) is 47.4 Å². The summed E-state index contributed by atoms with van der Waals surface area (Å²) >= 11 is 0. The van der Waals surface area contributed by atoms with E-state index < -0.39 is 0 Å². The van der Waals surface area contributed by atoms with Crippen molar-refractivity contribution in [1.82, 2.24) is 14.5 Å². The Morgan fingerprint density at radius 2 is 1.40 bits per heavy atom. The van der Waals surface area contributed by atoms with E-state index >= 15 is 0 Å². The lowest BCUT2D eigenvalue weighted by atomic mass is 10.1. The van der Waals surface area contributed by atoms with Gasteiger partial charge in [-0.2, -0.15) is 0 Å². The largest absolute Gasteiger partial charge is 0.426 e. The van der Waals surface area contributed by atoms with E-state index in [1.807, 2.05) is 13.0 Å². The molecule has 0 aliphatic heterocycles. The molecular formula is C37H39N3O2. The first-order chi connectivity index (χ1) is 20.5. The van der Waals surface area contributed by atoms with Crippen LogP contribution < -0.4 is 4.74 Å². The molecule has 0 saturated heterocycles. The summed E-state index contributed by atoms with van der Waals surface area (Å²) in [6, 6.07) is 37.8. The third-order valence-corrected chi connectivity index (χ3v) is 7.41. The zero-order valence-electron chi connectivity index (χ0n) is 24.8. The lowest BCUT2D eigenvalue weighted by Crippen LogP contribution is -2.24. The predicted molar refractivity (Wildman–Crippen MR) is 170 cm³/mol. The van der Waals surface area contributed by atoms with Gasteiger partial charge >= 0.3 is 5.97 Å². The molecule has 5 heteroatoms. The quantitative estimate of drug-likeness (QED) is 0.114. The fourth-order valence-corrected chi connectivity index (χ4v) is 5.40. The van der Waals surface area contributed by atoms with Gasteiger partial charge in [0, 0.05) is 44.2 Å². The SMILES string of the molecule is CCCCn1c(-c2ccccc2)nc(-c2ccccc2)c1CN(Cc1ccccc1)Cc1ccc(OC(C)=O)c(C)c1. The summed E-state index contributed by atoms with van der Waals surface area (Å²) < 4.78 is 7.83. The summed E-state index contributed by atoms with van der Waals surface area (Å²) in [6.45, 7) is 8.83. The summed E-state index contributed by atoms with van der Waals surface area (Å²) in [6.07, 6.45) is 2.18. The van der Waals surface area contributed by atoms with Crippen molar-refractivity contribution in [3.63, 3.8) is 0 Å². The van der Waals surface area contributed by atoms with Gasteiger partial charge in [-0.3, -0.25) is 9.69 Å². The molecule has 42 heavy (non-hydrogen) atoms. The Morgan fingerprint density at radius 3 is 2.02 bits per heavy atom. The van der Waals surface area contributed by atoms with Gasteiger partial charge in [0.15, 0.2) is 0 Å². The highest BCUT2D eigenvalue weighted by Crippen LogP contribution is 2.32. The van der Waals surface area contributed by atoms with Crippen LogP contribution >= 0.6 is 0 Å². The van der Waals surface area contributed by atoms with Gasteiger partial charge in [0.2, 0.25) is 0 Å². The van der Waals surface area contributed by atoms with Crippen molar-refractivity contribution in [2.45, 2.75) is 59.8 Å². The highest BCUT2D eigenvalue weighted by molar-refractivity contribution is 5.70. The van der Waals surface area contributed by atoms with E-state index in [4.69, 9.17) is 9.72 Å². The summed E-state index contributed by atoms with van der Waals surface area (Å²) in [5, 5.41) is 0. The van der Waals surface area contributed by atoms with Gasteiger partial charge in [0.25, 0.3) is 0 Å². The average Bonchev–Trinajstić information content (AvgIpc) is 3.36. The van der Waals surface area contributed by atoms with E-state index in [1.165, 1.54) is 23.7 Å². The number of imidazole rings is 1. The molecule has 214 valence electrons. The van der Waals surface area contributed by atoms with Crippen LogP contribution in [0.25, 0.3) is 22.6 Å². The second-order valence-corrected chi connectivity index (χ2v) is 10.8. The van der Waals surface area contributed by atoms with Crippen molar-refractivity contribution >= 4 is 5.97 Å². The zero-order valence-corrected chi connectivity index (χ0v) is 24.8. The molecule has 0 N–H and O–H groups in total. The minimum absolute atomic E-state index is 0.306. The second-order valence-electron chi connectivity index (χ2n) is 10.8. The molecule has 4 aromatic carbocycles. The number of unbranched alkanes of at least 4 members (excludes halogenated alkanes) is 1. The first kappa shape index (κ1) is 29.0. The van der Waals surface area contributed by atoms with Gasteiger partial charge in [0.05, 0.1) is 11.4 Å².